The van der Waals surface area contributed by atoms with E-state index in [1.165, 1.54) is 0 Å². The van der Waals surface area contributed by atoms with E-state index in [0.717, 1.165) is 12.8 Å². The maximum absolute atomic E-state index is 11.6. The van der Waals surface area contributed by atoms with E-state index in [1.54, 1.807) is 13.8 Å². The van der Waals surface area contributed by atoms with Gasteiger partial charge in [0.25, 0.3) is 0 Å². The highest BCUT2D eigenvalue weighted by Gasteiger charge is 2.29. The summed E-state index contributed by atoms with van der Waals surface area (Å²) in [4.78, 5) is 11.6. The van der Waals surface area contributed by atoms with E-state index in [2.05, 4.69) is 11.4 Å². The minimum absolute atomic E-state index is 0.0947. The van der Waals surface area contributed by atoms with Gasteiger partial charge >= 0.3 is 0 Å². The van der Waals surface area contributed by atoms with Crippen LogP contribution in [-0.4, -0.2) is 24.7 Å². The van der Waals surface area contributed by atoms with Crippen molar-refractivity contribution >= 4 is 5.91 Å². The van der Waals surface area contributed by atoms with Crippen molar-refractivity contribution in [3.8, 4) is 6.07 Å². The number of nitriles is 1. The summed E-state index contributed by atoms with van der Waals surface area (Å²) in [5.74, 6) is -0.0947. The molecule has 1 fully saturated rings. The van der Waals surface area contributed by atoms with Crippen molar-refractivity contribution in [1.82, 2.24) is 5.32 Å². The third kappa shape index (κ3) is 3.52. The second-order valence-electron chi connectivity index (χ2n) is 4.73. The minimum Gasteiger partial charge on any atom is -0.365 e. The van der Waals surface area contributed by atoms with Crippen molar-refractivity contribution in [2.24, 2.45) is 5.41 Å². The van der Waals surface area contributed by atoms with Gasteiger partial charge < -0.3 is 10.1 Å². The van der Waals surface area contributed by atoms with E-state index in [9.17, 15) is 4.79 Å². The molecule has 1 saturated heterocycles. The number of nitrogens with one attached hydrogen (secondary N) is 1. The molecule has 1 amide bonds. The topological polar surface area (TPSA) is 62.1 Å². The summed E-state index contributed by atoms with van der Waals surface area (Å²) in [6, 6.07) is 2.14. The van der Waals surface area contributed by atoms with Crippen LogP contribution >= 0.6 is 0 Å². The highest BCUT2D eigenvalue weighted by atomic mass is 16.5. The molecule has 0 aromatic heterocycles. The largest absolute Gasteiger partial charge is 0.365 e. The lowest BCUT2D eigenvalue weighted by atomic mass is 9.96. The number of rotatable bonds is 3. The van der Waals surface area contributed by atoms with Gasteiger partial charge in [-0.15, -0.1) is 0 Å². The lowest BCUT2D eigenvalue weighted by Crippen LogP contribution is -2.39. The monoisotopic (exact) mass is 210 g/mol. The maximum Gasteiger partial charge on any atom is 0.249 e. The van der Waals surface area contributed by atoms with E-state index in [-0.39, 0.29) is 18.1 Å². The predicted octanol–water partition coefficient (Wildman–Crippen LogP) is 1.22. The van der Waals surface area contributed by atoms with Crippen molar-refractivity contribution in [3.63, 3.8) is 0 Å². The summed E-state index contributed by atoms with van der Waals surface area (Å²) in [5.41, 5.74) is -0.514. The fraction of sp³-hybridized carbons (Fsp3) is 0.818. The summed E-state index contributed by atoms with van der Waals surface area (Å²) < 4.78 is 5.43. The molecule has 2 atom stereocenters. The number of hydrogen-bond donors (Lipinski definition) is 1. The third-order valence-corrected chi connectivity index (χ3v) is 2.53. The van der Waals surface area contributed by atoms with Crippen LogP contribution in [0.1, 0.15) is 33.6 Å². The summed E-state index contributed by atoms with van der Waals surface area (Å²) >= 11 is 0. The van der Waals surface area contributed by atoms with Crippen LogP contribution in [0.15, 0.2) is 0 Å². The first-order valence-electron chi connectivity index (χ1n) is 5.29. The summed E-state index contributed by atoms with van der Waals surface area (Å²) in [5, 5.41) is 11.5. The van der Waals surface area contributed by atoms with Gasteiger partial charge in [0.05, 0.1) is 17.6 Å². The zero-order valence-electron chi connectivity index (χ0n) is 9.54. The molecule has 1 heterocycles. The Morgan fingerprint density at radius 1 is 1.60 bits per heavy atom. The molecule has 1 aliphatic rings. The van der Waals surface area contributed by atoms with Crippen molar-refractivity contribution in [3.05, 3.63) is 0 Å². The molecule has 84 valence electrons. The zero-order chi connectivity index (χ0) is 11.5. The van der Waals surface area contributed by atoms with Gasteiger partial charge in [0.15, 0.2) is 0 Å². The Hall–Kier alpha value is -1.08. The highest BCUT2D eigenvalue weighted by molar-refractivity contribution is 5.81. The minimum atomic E-state index is -0.514. The Morgan fingerprint density at radius 3 is 2.73 bits per heavy atom. The average Bonchev–Trinajstić information content (AvgIpc) is 2.61. The van der Waals surface area contributed by atoms with Crippen molar-refractivity contribution < 1.29 is 9.53 Å². The SMILES string of the molecule is CC1CCC(C(=O)NCC(C)(C)C#N)O1. The first-order valence-corrected chi connectivity index (χ1v) is 5.29. The molecule has 0 bridgehead atoms. The normalized spacial score (nSPS) is 26.0. The molecule has 0 aromatic rings. The van der Waals surface area contributed by atoms with E-state index in [1.807, 2.05) is 6.92 Å². The lowest BCUT2D eigenvalue weighted by Gasteiger charge is -2.18. The molecule has 0 spiro atoms. The second-order valence-corrected chi connectivity index (χ2v) is 4.73. The van der Waals surface area contributed by atoms with Crippen LogP contribution in [-0.2, 0) is 9.53 Å². The fourth-order valence-electron chi connectivity index (χ4n) is 1.46. The molecule has 4 nitrogen and oxygen atoms in total. The number of nitrogens with zero attached hydrogens (tertiary/aromatic N) is 1. The van der Waals surface area contributed by atoms with Gasteiger partial charge in [-0.3, -0.25) is 4.79 Å². The van der Waals surface area contributed by atoms with Gasteiger partial charge in [0, 0.05) is 6.54 Å². The molecule has 0 saturated carbocycles. The molecular weight excluding hydrogens is 192 g/mol. The van der Waals surface area contributed by atoms with Gasteiger partial charge in [-0.2, -0.15) is 5.26 Å². The number of hydrogen-bond acceptors (Lipinski definition) is 3. The lowest BCUT2D eigenvalue weighted by molar-refractivity contribution is -0.132. The number of amides is 1. The number of ether oxygens (including phenoxy) is 1. The van der Waals surface area contributed by atoms with Gasteiger partial charge in [0.2, 0.25) is 5.91 Å². The Labute approximate surface area is 90.6 Å². The van der Waals surface area contributed by atoms with Crippen LogP contribution in [0.3, 0.4) is 0 Å². The van der Waals surface area contributed by atoms with Crippen LogP contribution < -0.4 is 5.32 Å². The fourth-order valence-corrected chi connectivity index (χ4v) is 1.46. The van der Waals surface area contributed by atoms with E-state index < -0.39 is 5.41 Å². The second kappa shape index (κ2) is 4.63. The van der Waals surface area contributed by atoms with Crippen molar-refractivity contribution in [2.75, 3.05) is 6.54 Å². The number of carbonyl (C=O) groups is 1. The molecule has 15 heavy (non-hydrogen) atoms. The molecule has 0 aliphatic carbocycles. The molecule has 1 rings (SSSR count). The first-order chi connectivity index (χ1) is 6.94. The molecule has 4 heteroatoms. The predicted molar refractivity (Wildman–Crippen MR) is 56.0 cm³/mol. The standard InChI is InChI=1S/C11H18N2O2/c1-8-4-5-9(15-8)10(14)13-7-11(2,3)6-12/h8-9H,4-5,7H2,1-3H3,(H,13,14). The van der Waals surface area contributed by atoms with E-state index >= 15 is 0 Å². The van der Waals surface area contributed by atoms with Crippen LogP contribution in [0.4, 0.5) is 0 Å². The molecule has 2 unspecified atom stereocenters. The molecule has 1 aliphatic heterocycles. The summed E-state index contributed by atoms with van der Waals surface area (Å²) in [6.07, 6.45) is 1.55. The highest BCUT2D eigenvalue weighted by Crippen LogP contribution is 2.19. The summed E-state index contributed by atoms with van der Waals surface area (Å²) in [6.45, 7) is 5.93. The summed E-state index contributed by atoms with van der Waals surface area (Å²) in [7, 11) is 0. The van der Waals surface area contributed by atoms with Gasteiger partial charge in [-0.25, -0.2) is 0 Å². The average molecular weight is 210 g/mol. The van der Waals surface area contributed by atoms with Crippen molar-refractivity contribution in [1.29, 1.82) is 5.26 Å². The van der Waals surface area contributed by atoms with Crippen LogP contribution in [0, 0.1) is 16.7 Å². The van der Waals surface area contributed by atoms with Gasteiger partial charge in [-0.05, 0) is 33.6 Å². The Balaban J connectivity index is 2.34. The molecule has 1 N–H and O–H groups in total. The van der Waals surface area contributed by atoms with E-state index in [4.69, 9.17) is 10.00 Å². The Kier molecular flexibility index (Phi) is 3.70. The van der Waals surface area contributed by atoms with Crippen LogP contribution in [0.5, 0.6) is 0 Å². The van der Waals surface area contributed by atoms with Gasteiger partial charge in [0.1, 0.15) is 6.10 Å². The van der Waals surface area contributed by atoms with Gasteiger partial charge in [-0.1, -0.05) is 0 Å². The van der Waals surface area contributed by atoms with E-state index in [0.29, 0.717) is 6.54 Å². The number of carbonyl (C=O) groups excluding carboxylic acids is 1. The first kappa shape index (κ1) is 12.0. The Bertz CT molecular complexity index is 281. The molecular formula is C11H18N2O2. The molecule has 0 radical (unpaired) electrons. The molecule has 0 aromatic carbocycles. The third-order valence-electron chi connectivity index (χ3n) is 2.53. The maximum atomic E-state index is 11.6. The van der Waals surface area contributed by atoms with Crippen LogP contribution in [0.25, 0.3) is 0 Å². The van der Waals surface area contributed by atoms with Crippen molar-refractivity contribution in [2.45, 2.75) is 45.8 Å². The van der Waals surface area contributed by atoms with Crippen LogP contribution in [0.2, 0.25) is 0 Å². The Morgan fingerprint density at radius 2 is 2.27 bits per heavy atom. The zero-order valence-corrected chi connectivity index (χ0v) is 9.54. The quantitative estimate of drug-likeness (QED) is 0.761. The smallest absolute Gasteiger partial charge is 0.249 e.